The van der Waals surface area contributed by atoms with Gasteiger partial charge in [-0.05, 0) is 31.0 Å². The Morgan fingerprint density at radius 3 is 2.68 bits per heavy atom. The quantitative estimate of drug-likeness (QED) is 0.692. The van der Waals surface area contributed by atoms with Crippen molar-refractivity contribution >= 4 is 17.4 Å². The number of Topliss-reactive ketones (excluding diaryl/α,β-unsaturated/α-hetero) is 1. The summed E-state index contributed by atoms with van der Waals surface area (Å²) in [7, 11) is 1.62. The maximum atomic E-state index is 12.3. The first-order chi connectivity index (χ1) is 9.12. The van der Waals surface area contributed by atoms with E-state index in [1.54, 1.807) is 13.2 Å². The predicted molar refractivity (Wildman–Crippen MR) is 80.0 cm³/mol. The van der Waals surface area contributed by atoms with Gasteiger partial charge in [-0.2, -0.15) is 0 Å². The molecule has 1 rings (SSSR count). The zero-order chi connectivity index (χ0) is 14.3. The zero-order valence-electron chi connectivity index (χ0n) is 12.0. The minimum Gasteiger partial charge on any atom is -0.496 e. The summed E-state index contributed by atoms with van der Waals surface area (Å²) < 4.78 is 5.28. The van der Waals surface area contributed by atoms with E-state index in [2.05, 4.69) is 13.8 Å². The van der Waals surface area contributed by atoms with E-state index in [4.69, 9.17) is 16.3 Å². The van der Waals surface area contributed by atoms with Gasteiger partial charge < -0.3 is 4.74 Å². The van der Waals surface area contributed by atoms with Crippen LogP contribution in [0.1, 0.15) is 45.1 Å². The van der Waals surface area contributed by atoms with Gasteiger partial charge in [0, 0.05) is 22.9 Å². The van der Waals surface area contributed by atoms with Crippen LogP contribution in [0.5, 0.6) is 5.75 Å². The van der Waals surface area contributed by atoms with E-state index in [0.717, 1.165) is 37.0 Å². The first kappa shape index (κ1) is 16.0. The van der Waals surface area contributed by atoms with E-state index in [9.17, 15) is 4.79 Å². The summed E-state index contributed by atoms with van der Waals surface area (Å²) in [4.78, 5) is 12.3. The fourth-order valence-corrected chi connectivity index (χ4v) is 2.46. The number of hydrogen-bond donors (Lipinski definition) is 0. The molecular weight excluding hydrogens is 260 g/mol. The number of carbonyl (C=O) groups excluding carboxylic acids is 1. The molecule has 106 valence electrons. The lowest BCUT2D eigenvalue weighted by Gasteiger charge is -2.14. The molecule has 19 heavy (non-hydrogen) atoms. The third-order valence-electron chi connectivity index (χ3n) is 3.46. The average Bonchev–Trinajstić information content (AvgIpc) is 2.40. The molecule has 0 amide bonds. The Bertz CT molecular complexity index is 415. The highest BCUT2D eigenvalue weighted by Crippen LogP contribution is 2.25. The molecule has 0 bridgehead atoms. The van der Waals surface area contributed by atoms with Crippen LogP contribution in [-0.4, -0.2) is 12.9 Å². The molecule has 0 radical (unpaired) electrons. The summed E-state index contributed by atoms with van der Waals surface area (Å²) in [5.74, 6) is 1.18. The van der Waals surface area contributed by atoms with Crippen molar-refractivity contribution in [2.24, 2.45) is 5.92 Å². The fraction of sp³-hybridized carbons (Fsp3) is 0.562. The van der Waals surface area contributed by atoms with Gasteiger partial charge in [0.05, 0.1) is 7.11 Å². The van der Waals surface area contributed by atoms with Gasteiger partial charge in [0.1, 0.15) is 11.5 Å². The largest absolute Gasteiger partial charge is 0.496 e. The molecule has 1 aromatic rings. The number of ketones is 1. The Morgan fingerprint density at radius 1 is 1.37 bits per heavy atom. The number of methoxy groups -OCH3 is 1. The molecule has 0 heterocycles. The van der Waals surface area contributed by atoms with Gasteiger partial charge in [0.15, 0.2) is 0 Å². The van der Waals surface area contributed by atoms with Gasteiger partial charge in [0.25, 0.3) is 0 Å². The summed E-state index contributed by atoms with van der Waals surface area (Å²) in [6.45, 7) is 4.23. The number of carbonyl (C=O) groups is 1. The minimum absolute atomic E-state index is 0.156. The van der Waals surface area contributed by atoms with Gasteiger partial charge >= 0.3 is 0 Å². The Labute approximate surface area is 121 Å². The van der Waals surface area contributed by atoms with Crippen LogP contribution in [0.3, 0.4) is 0 Å². The lowest BCUT2D eigenvalue weighted by molar-refractivity contribution is -0.122. The third kappa shape index (κ3) is 4.87. The molecule has 0 saturated carbocycles. The molecule has 1 aromatic carbocycles. The highest BCUT2D eigenvalue weighted by Gasteiger charge is 2.18. The number of rotatable bonds is 8. The molecule has 0 spiro atoms. The molecule has 0 saturated heterocycles. The van der Waals surface area contributed by atoms with Crippen molar-refractivity contribution in [3.05, 3.63) is 28.8 Å². The molecule has 2 nitrogen and oxygen atoms in total. The maximum Gasteiger partial charge on any atom is 0.140 e. The number of ether oxygens (including phenoxy) is 1. The summed E-state index contributed by atoms with van der Waals surface area (Å²) in [6, 6.07) is 5.42. The van der Waals surface area contributed by atoms with Crippen LogP contribution in [0.25, 0.3) is 0 Å². The predicted octanol–water partition coefficient (Wildman–Crippen LogP) is 4.68. The zero-order valence-corrected chi connectivity index (χ0v) is 12.8. The Kier molecular flexibility index (Phi) is 6.93. The normalized spacial score (nSPS) is 12.2. The number of halogens is 1. The average molecular weight is 283 g/mol. The van der Waals surface area contributed by atoms with Crippen molar-refractivity contribution in [2.45, 2.75) is 46.0 Å². The third-order valence-corrected chi connectivity index (χ3v) is 3.70. The highest BCUT2D eigenvalue weighted by atomic mass is 35.5. The van der Waals surface area contributed by atoms with E-state index in [-0.39, 0.29) is 11.7 Å². The summed E-state index contributed by atoms with van der Waals surface area (Å²) >= 11 is 5.99. The van der Waals surface area contributed by atoms with E-state index < -0.39 is 0 Å². The molecule has 1 atom stereocenters. The Morgan fingerprint density at radius 2 is 2.11 bits per heavy atom. The van der Waals surface area contributed by atoms with Crippen molar-refractivity contribution in [2.75, 3.05) is 7.11 Å². The molecule has 0 N–H and O–H groups in total. The molecular formula is C16H23ClO2. The van der Waals surface area contributed by atoms with Gasteiger partial charge in [0.2, 0.25) is 0 Å². The van der Waals surface area contributed by atoms with Crippen LogP contribution in [0.2, 0.25) is 5.02 Å². The molecule has 1 unspecified atom stereocenters. The van der Waals surface area contributed by atoms with Gasteiger partial charge in [-0.15, -0.1) is 0 Å². The van der Waals surface area contributed by atoms with Crippen LogP contribution in [0, 0.1) is 5.92 Å². The maximum absolute atomic E-state index is 12.3. The second kappa shape index (κ2) is 8.21. The lowest BCUT2D eigenvalue weighted by atomic mass is 9.91. The second-order valence-corrected chi connectivity index (χ2v) is 5.28. The second-order valence-electron chi connectivity index (χ2n) is 4.85. The van der Waals surface area contributed by atoms with Crippen LogP contribution in [0.4, 0.5) is 0 Å². The summed E-state index contributed by atoms with van der Waals surface area (Å²) in [5, 5.41) is 0.644. The summed E-state index contributed by atoms with van der Waals surface area (Å²) in [5.41, 5.74) is 0.884. The van der Waals surface area contributed by atoms with Crippen LogP contribution in [-0.2, 0) is 11.2 Å². The summed E-state index contributed by atoms with van der Waals surface area (Å²) in [6.07, 6.45) is 4.53. The first-order valence-electron chi connectivity index (χ1n) is 6.97. The van der Waals surface area contributed by atoms with Gasteiger partial charge in [-0.25, -0.2) is 0 Å². The van der Waals surface area contributed by atoms with E-state index in [0.29, 0.717) is 11.4 Å². The van der Waals surface area contributed by atoms with Gasteiger partial charge in [-0.3, -0.25) is 4.79 Å². The van der Waals surface area contributed by atoms with Crippen molar-refractivity contribution in [3.63, 3.8) is 0 Å². The van der Waals surface area contributed by atoms with Crippen LogP contribution < -0.4 is 4.74 Å². The molecule has 0 aromatic heterocycles. The van der Waals surface area contributed by atoms with Crippen molar-refractivity contribution in [1.29, 1.82) is 0 Å². The van der Waals surface area contributed by atoms with Crippen LogP contribution in [0.15, 0.2) is 18.2 Å². The monoisotopic (exact) mass is 282 g/mol. The molecule has 0 fully saturated rings. The SMILES string of the molecule is CCCCC(CC)C(=O)Cc1cc(Cl)ccc1OC. The van der Waals surface area contributed by atoms with Crippen LogP contribution >= 0.6 is 11.6 Å². The lowest BCUT2D eigenvalue weighted by Crippen LogP contribution is -2.16. The topological polar surface area (TPSA) is 26.3 Å². The molecule has 0 aliphatic carbocycles. The Balaban J connectivity index is 2.77. The van der Waals surface area contributed by atoms with E-state index >= 15 is 0 Å². The van der Waals surface area contributed by atoms with Gasteiger partial charge in [-0.1, -0.05) is 38.3 Å². The molecule has 0 aliphatic heterocycles. The standard InChI is InChI=1S/C16H23ClO2/c1-4-6-7-12(5-2)15(18)11-13-10-14(17)8-9-16(13)19-3/h8-10,12H,4-7,11H2,1-3H3. The number of unbranched alkanes of at least 4 members (excludes halogenated alkanes) is 1. The Hall–Kier alpha value is -1.02. The fourth-order valence-electron chi connectivity index (χ4n) is 2.26. The van der Waals surface area contributed by atoms with E-state index in [1.807, 2.05) is 12.1 Å². The van der Waals surface area contributed by atoms with Crippen molar-refractivity contribution in [3.8, 4) is 5.75 Å². The smallest absolute Gasteiger partial charge is 0.140 e. The molecule has 3 heteroatoms. The highest BCUT2D eigenvalue weighted by molar-refractivity contribution is 6.30. The minimum atomic E-state index is 0.156. The number of hydrogen-bond acceptors (Lipinski definition) is 2. The molecule has 0 aliphatic rings. The number of benzene rings is 1. The van der Waals surface area contributed by atoms with E-state index in [1.165, 1.54) is 0 Å². The van der Waals surface area contributed by atoms with Crippen molar-refractivity contribution < 1.29 is 9.53 Å². The van der Waals surface area contributed by atoms with Crippen molar-refractivity contribution in [1.82, 2.24) is 0 Å². The first-order valence-corrected chi connectivity index (χ1v) is 7.35.